The fourth-order valence-electron chi connectivity index (χ4n) is 1.54. The summed E-state index contributed by atoms with van der Waals surface area (Å²) >= 11 is 1.62. The van der Waals surface area contributed by atoms with Gasteiger partial charge in [0.05, 0.1) is 0 Å². The molecule has 0 aliphatic heterocycles. The van der Waals surface area contributed by atoms with Crippen molar-refractivity contribution in [2.45, 2.75) is 17.9 Å². The molecule has 96 valence electrons. The third-order valence-electron chi connectivity index (χ3n) is 2.59. The summed E-state index contributed by atoms with van der Waals surface area (Å²) in [6, 6.07) is 18.0. The third kappa shape index (κ3) is 4.82. The van der Waals surface area contributed by atoms with Gasteiger partial charge in [-0.15, -0.1) is 11.8 Å². The Morgan fingerprint density at radius 2 is 1.74 bits per heavy atom. The number of aryl methyl sites for hydroxylation is 1. The van der Waals surface area contributed by atoms with Crippen LogP contribution in [-0.2, 0) is 0 Å². The Morgan fingerprint density at radius 1 is 1.05 bits per heavy atom. The zero-order chi connectivity index (χ0) is 13.5. The van der Waals surface area contributed by atoms with Crippen LogP contribution in [0.1, 0.15) is 11.1 Å². The molecule has 0 radical (unpaired) electrons. The average molecular weight is 268 g/mol. The van der Waals surface area contributed by atoms with Crippen LogP contribution in [0.15, 0.2) is 59.5 Å². The summed E-state index contributed by atoms with van der Waals surface area (Å²) in [5.41, 5.74) is 2.18. The predicted octanol–water partition coefficient (Wildman–Crippen LogP) is 3.50. The smallest absolute Gasteiger partial charge is 0.124 e. The normalized spacial score (nSPS) is 11.5. The van der Waals surface area contributed by atoms with E-state index >= 15 is 0 Å². The van der Waals surface area contributed by atoms with Gasteiger partial charge in [-0.2, -0.15) is 0 Å². The van der Waals surface area contributed by atoms with E-state index in [0.29, 0.717) is 5.75 Å². The van der Waals surface area contributed by atoms with Crippen molar-refractivity contribution in [1.29, 1.82) is 0 Å². The number of thioether (sulfide) groups is 1. The lowest BCUT2D eigenvalue weighted by Crippen LogP contribution is -2.06. The molecule has 2 aromatic rings. The maximum Gasteiger partial charge on any atom is 0.124 e. The van der Waals surface area contributed by atoms with Crippen molar-refractivity contribution >= 4 is 11.8 Å². The zero-order valence-electron chi connectivity index (χ0n) is 10.8. The SMILES string of the molecule is Cc1ccc(SC[C@@H](O)C#Cc2ccccc2)cc1. The van der Waals surface area contributed by atoms with Crippen molar-refractivity contribution < 1.29 is 5.11 Å². The van der Waals surface area contributed by atoms with Gasteiger partial charge in [0, 0.05) is 16.2 Å². The lowest BCUT2D eigenvalue weighted by Gasteiger charge is -2.03. The summed E-state index contributed by atoms with van der Waals surface area (Å²) in [4.78, 5) is 1.16. The minimum absolute atomic E-state index is 0.586. The standard InChI is InChI=1S/C17H16OS/c1-14-7-11-17(12-8-14)19-13-16(18)10-9-15-5-3-2-4-6-15/h2-8,11-12,16,18H,13H2,1H3/t16-/m0/s1. The van der Waals surface area contributed by atoms with E-state index in [9.17, 15) is 5.11 Å². The van der Waals surface area contributed by atoms with Crippen LogP contribution in [0.25, 0.3) is 0 Å². The molecule has 0 aromatic heterocycles. The second-order valence-corrected chi connectivity index (χ2v) is 5.37. The Labute approximate surface area is 118 Å². The minimum atomic E-state index is -0.605. The molecule has 0 saturated heterocycles. The van der Waals surface area contributed by atoms with Crippen molar-refractivity contribution in [3.63, 3.8) is 0 Å². The van der Waals surface area contributed by atoms with Crippen LogP contribution in [0.5, 0.6) is 0 Å². The number of hydrogen-bond donors (Lipinski definition) is 1. The molecule has 0 aliphatic carbocycles. The van der Waals surface area contributed by atoms with Crippen LogP contribution in [0.4, 0.5) is 0 Å². The number of hydrogen-bond acceptors (Lipinski definition) is 2. The van der Waals surface area contributed by atoms with Gasteiger partial charge < -0.3 is 5.11 Å². The van der Waals surface area contributed by atoms with E-state index in [1.165, 1.54) is 5.56 Å². The number of benzene rings is 2. The fourth-order valence-corrected chi connectivity index (χ4v) is 2.30. The number of aliphatic hydroxyl groups is 1. The zero-order valence-corrected chi connectivity index (χ0v) is 11.7. The van der Waals surface area contributed by atoms with Crippen molar-refractivity contribution in [3.05, 3.63) is 65.7 Å². The summed E-state index contributed by atoms with van der Waals surface area (Å²) < 4.78 is 0. The fraction of sp³-hybridized carbons (Fsp3) is 0.176. The van der Waals surface area contributed by atoms with Crippen molar-refractivity contribution in [3.8, 4) is 11.8 Å². The first kappa shape index (κ1) is 13.7. The first-order chi connectivity index (χ1) is 9.24. The molecule has 2 aromatic carbocycles. The molecule has 0 spiro atoms. The van der Waals surface area contributed by atoms with Gasteiger partial charge in [-0.25, -0.2) is 0 Å². The Morgan fingerprint density at radius 3 is 2.42 bits per heavy atom. The van der Waals surface area contributed by atoms with Crippen LogP contribution in [0.3, 0.4) is 0 Å². The summed E-state index contributed by atoms with van der Waals surface area (Å²) in [5.74, 6) is 6.43. The number of aliphatic hydroxyl groups excluding tert-OH is 1. The summed E-state index contributed by atoms with van der Waals surface area (Å²) in [5, 5.41) is 9.83. The highest BCUT2D eigenvalue weighted by Gasteiger charge is 2.00. The monoisotopic (exact) mass is 268 g/mol. The van der Waals surface area contributed by atoms with E-state index in [4.69, 9.17) is 0 Å². The first-order valence-corrected chi connectivity index (χ1v) is 7.17. The van der Waals surface area contributed by atoms with Gasteiger partial charge in [-0.3, -0.25) is 0 Å². The molecular weight excluding hydrogens is 252 g/mol. The van der Waals surface area contributed by atoms with Crippen LogP contribution in [0, 0.1) is 18.8 Å². The van der Waals surface area contributed by atoms with Gasteiger partial charge in [0.25, 0.3) is 0 Å². The Bertz CT molecular complexity index is 564. The van der Waals surface area contributed by atoms with Crippen LogP contribution < -0.4 is 0 Å². The molecule has 0 bridgehead atoms. The molecule has 0 aliphatic rings. The van der Waals surface area contributed by atoms with E-state index in [-0.39, 0.29) is 0 Å². The third-order valence-corrected chi connectivity index (χ3v) is 3.67. The van der Waals surface area contributed by atoms with Gasteiger partial charge in [-0.05, 0) is 31.2 Å². The Kier molecular flexibility index (Phi) is 5.09. The molecule has 0 heterocycles. The van der Waals surface area contributed by atoms with Crippen molar-refractivity contribution in [1.82, 2.24) is 0 Å². The van der Waals surface area contributed by atoms with Crippen molar-refractivity contribution in [2.75, 3.05) is 5.75 Å². The molecule has 0 saturated carbocycles. The van der Waals surface area contributed by atoms with Gasteiger partial charge in [-0.1, -0.05) is 47.7 Å². The maximum absolute atomic E-state index is 9.83. The van der Waals surface area contributed by atoms with Crippen LogP contribution >= 0.6 is 11.8 Å². The maximum atomic E-state index is 9.83. The summed E-state index contributed by atoms with van der Waals surface area (Å²) in [6.45, 7) is 2.06. The topological polar surface area (TPSA) is 20.2 Å². The Hall–Kier alpha value is -1.69. The van der Waals surface area contributed by atoms with Gasteiger partial charge >= 0.3 is 0 Å². The highest BCUT2D eigenvalue weighted by molar-refractivity contribution is 7.99. The minimum Gasteiger partial charge on any atom is -0.379 e. The molecule has 0 unspecified atom stereocenters. The van der Waals surface area contributed by atoms with Crippen LogP contribution in [0.2, 0.25) is 0 Å². The molecule has 1 atom stereocenters. The molecule has 0 amide bonds. The average Bonchev–Trinajstić information content (AvgIpc) is 2.45. The second kappa shape index (κ2) is 7.04. The lowest BCUT2D eigenvalue weighted by molar-refractivity contribution is 0.258. The Balaban J connectivity index is 1.87. The van der Waals surface area contributed by atoms with E-state index in [1.807, 2.05) is 30.3 Å². The molecule has 2 heteroatoms. The lowest BCUT2D eigenvalue weighted by atomic mass is 10.2. The van der Waals surface area contributed by atoms with E-state index in [1.54, 1.807) is 11.8 Å². The molecule has 1 nitrogen and oxygen atoms in total. The van der Waals surface area contributed by atoms with E-state index in [0.717, 1.165) is 10.5 Å². The molecule has 0 fully saturated rings. The van der Waals surface area contributed by atoms with Gasteiger partial charge in [0.1, 0.15) is 6.10 Å². The second-order valence-electron chi connectivity index (χ2n) is 4.28. The van der Waals surface area contributed by atoms with Gasteiger partial charge in [0.15, 0.2) is 0 Å². The number of rotatable bonds is 3. The van der Waals surface area contributed by atoms with Crippen molar-refractivity contribution in [2.24, 2.45) is 0 Å². The van der Waals surface area contributed by atoms with Crippen LogP contribution in [-0.4, -0.2) is 17.0 Å². The largest absolute Gasteiger partial charge is 0.379 e. The quantitative estimate of drug-likeness (QED) is 0.679. The van der Waals surface area contributed by atoms with Gasteiger partial charge in [0.2, 0.25) is 0 Å². The molecular formula is C17H16OS. The molecule has 1 N–H and O–H groups in total. The first-order valence-electron chi connectivity index (χ1n) is 6.18. The summed E-state index contributed by atoms with van der Waals surface area (Å²) in [6.07, 6.45) is -0.605. The van der Waals surface area contributed by atoms with E-state index in [2.05, 4.69) is 43.0 Å². The molecule has 2 rings (SSSR count). The highest BCUT2D eigenvalue weighted by atomic mass is 32.2. The van der Waals surface area contributed by atoms with E-state index < -0.39 is 6.10 Å². The predicted molar refractivity (Wildman–Crippen MR) is 81.2 cm³/mol. The summed E-state index contributed by atoms with van der Waals surface area (Å²) in [7, 11) is 0. The highest BCUT2D eigenvalue weighted by Crippen LogP contribution is 2.18. The molecule has 19 heavy (non-hydrogen) atoms.